The summed E-state index contributed by atoms with van der Waals surface area (Å²) in [6.07, 6.45) is 3.59. The molecule has 1 aromatic heterocycles. The lowest BCUT2D eigenvalue weighted by Crippen LogP contribution is -1.89. The van der Waals surface area contributed by atoms with E-state index in [0.29, 0.717) is 11.3 Å². The summed E-state index contributed by atoms with van der Waals surface area (Å²) in [6, 6.07) is 12.1. The Morgan fingerprint density at radius 2 is 1.95 bits per heavy atom. The Morgan fingerprint density at radius 3 is 2.84 bits per heavy atom. The van der Waals surface area contributed by atoms with Crippen molar-refractivity contribution in [2.45, 2.75) is 0 Å². The van der Waals surface area contributed by atoms with Crippen molar-refractivity contribution in [1.82, 2.24) is 10.2 Å². The maximum absolute atomic E-state index is 13.2. The summed E-state index contributed by atoms with van der Waals surface area (Å²) in [7, 11) is 0. The van der Waals surface area contributed by atoms with Crippen LogP contribution in [0.4, 0.5) is 10.1 Å². The van der Waals surface area contributed by atoms with Crippen molar-refractivity contribution >= 4 is 28.7 Å². The predicted octanol–water partition coefficient (Wildman–Crippen LogP) is 3.45. The van der Waals surface area contributed by atoms with E-state index in [2.05, 4.69) is 10.2 Å². The van der Waals surface area contributed by atoms with Crippen molar-refractivity contribution in [2.75, 3.05) is 5.73 Å². The van der Waals surface area contributed by atoms with E-state index in [1.165, 1.54) is 12.1 Å². The smallest absolute Gasteiger partial charge is 0.123 e. The van der Waals surface area contributed by atoms with Crippen molar-refractivity contribution in [3.05, 3.63) is 59.5 Å². The molecule has 0 aliphatic carbocycles. The molecular weight excluding hydrogens is 241 g/mol. The highest BCUT2D eigenvalue weighted by Gasteiger charge is 2.02. The Hall–Kier alpha value is -2.62. The number of nitrogens with one attached hydrogen (secondary N) is 1. The summed E-state index contributed by atoms with van der Waals surface area (Å²) in [5, 5.41) is 8.18. The van der Waals surface area contributed by atoms with Gasteiger partial charge in [0.2, 0.25) is 0 Å². The molecule has 94 valence electrons. The molecule has 0 amide bonds. The Balaban J connectivity index is 2.00. The van der Waals surface area contributed by atoms with Crippen molar-refractivity contribution < 1.29 is 4.39 Å². The zero-order chi connectivity index (χ0) is 13.2. The van der Waals surface area contributed by atoms with Gasteiger partial charge >= 0.3 is 0 Å². The average Bonchev–Trinajstić information content (AvgIpc) is 2.83. The maximum atomic E-state index is 13.2. The third-order valence-corrected chi connectivity index (χ3v) is 2.97. The van der Waals surface area contributed by atoms with Gasteiger partial charge < -0.3 is 5.73 Å². The lowest BCUT2D eigenvalue weighted by molar-refractivity contribution is 0.628. The van der Waals surface area contributed by atoms with Crippen LogP contribution in [0.1, 0.15) is 11.3 Å². The Morgan fingerprint density at radius 1 is 1.11 bits per heavy atom. The summed E-state index contributed by atoms with van der Waals surface area (Å²) in [5.74, 6) is -0.305. The summed E-state index contributed by atoms with van der Waals surface area (Å²) in [6.45, 7) is 0. The van der Waals surface area contributed by atoms with E-state index in [9.17, 15) is 4.39 Å². The number of aromatic amines is 1. The molecule has 0 saturated carbocycles. The molecule has 3 N–H and O–H groups in total. The fraction of sp³-hybridized carbons (Fsp3) is 0. The second kappa shape index (κ2) is 4.57. The number of nitrogen functional groups attached to an aromatic ring is 1. The number of nitrogens with two attached hydrogens (primary N) is 1. The van der Waals surface area contributed by atoms with Gasteiger partial charge in [-0.1, -0.05) is 24.3 Å². The number of hydrogen-bond donors (Lipinski definition) is 2. The number of rotatable bonds is 2. The molecule has 3 aromatic rings. The molecule has 1 heterocycles. The highest BCUT2D eigenvalue weighted by Crippen LogP contribution is 2.20. The monoisotopic (exact) mass is 253 g/mol. The number of anilines is 1. The topological polar surface area (TPSA) is 54.7 Å². The molecule has 0 spiro atoms. The third kappa shape index (κ3) is 2.20. The Bertz CT molecular complexity index is 759. The fourth-order valence-corrected chi connectivity index (χ4v) is 1.97. The quantitative estimate of drug-likeness (QED) is 0.687. The van der Waals surface area contributed by atoms with E-state index in [4.69, 9.17) is 5.73 Å². The fourth-order valence-electron chi connectivity index (χ4n) is 1.97. The van der Waals surface area contributed by atoms with Crippen LogP contribution < -0.4 is 5.73 Å². The molecule has 0 radical (unpaired) electrons. The van der Waals surface area contributed by atoms with Gasteiger partial charge in [0.1, 0.15) is 5.82 Å². The van der Waals surface area contributed by atoms with Crippen LogP contribution in [0.3, 0.4) is 0 Å². The van der Waals surface area contributed by atoms with Crippen LogP contribution in [0, 0.1) is 5.82 Å². The first-order valence-corrected chi connectivity index (χ1v) is 5.90. The minimum absolute atomic E-state index is 0.305. The third-order valence-electron chi connectivity index (χ3n) is 2.97. The number of aromatic nitrogens is 2. The lowest BCUT2D eigenvalue weighted by Gasteiger charge is -1.99. The van der Waals surface area contributed by atoms with Gasteiger partial charge in [-0.3, -0.25) is 5.10 Å². The van der Waals surface area contributed by atoms with E-state index < -0.39 is 0 Å². The zero-order valence-electron chi connectivity index (χ0n) is 10.1. The molecule has 2 aromatic carbocycles. The molecule has 19 heavy (non-hydrogen) atoms. The lowest BCUT2D eigenvalue weighted by atomic mass is 10.1. The van der Waals surface area contributed by atoms with Crippen LogP contribution in [0.2, 0.25) is 0 Å². The molecule has 0 bridgehead atoms. The van der Waals surface area contributed by atoms with Gasteiger partial charge in [-0.25, -0.2) is 4.39 Å². The first-order valence-electron chi connectivity index (χ1n) is 5.90. The summed E-state index contributed by atoms with van der Waals surface area (Å²) in [4.78, 5) is 0. The van der Waals surface area contributed by atoms with Crippen LogP contribution >= 0.6 is 0 Å². The van der Waals surface area contributed by atoms with E-state index in [1.807, 2.05) is 30.3 Å². The van der Waals surface area contributed by atoms with Crippen molar-refractivity contribution in [3.63, 3.8) is 0 Å². The van der Waals surface area contributed by atoms with Gasteiger partial charge in [0.05, 0.1) is 11.2 Å². The van der Waals surface area contributed by atoms with Crippen LogP contribution in [0.25, 0.3) is 23.1 Å². The highest BCUT2D eigenvalue weighted by atomic mass is 19.1. The predicted molar refractivity (Wildman–Crippen MR) is 75.8 cm³/mol. The van der Waals surface area contributed by atoms with Crippen LogP contribution in [-0.4, -0.2) is 10.2 Å². The molecular formula is C15H12FN3. The second-order valence-corrected chi connectivity index (χ2v) is 4.26. The molecule has 0 fully saturated rings. The van der Waals surface area contributed by atoms with Crippen molar-refractivity contribution in [3.8, 4) is 0 Å². The number of benzene rings is 2. The Kier molecular flexibility index (Phi) is 2.76. The van der Waals surface area contributed by atoms with E-state index in [-0.39, 0.29) is 5.82 Å². The van der Waals surface area contributed by atoms with Gasteiger partial charge in [-0.05, 0) is 30.3 Å². The molecule has 4 heteroatoms. The average molecular weight is 253 g/mol. The van der Waals surface area contributed by atoms with Crippen LogP contribution in [0.5, 0.6) is 0 Å². The van der Waals surface area contributed by atoms with Gasteiger partial charge in [0.15, 0.2) is 0 Å². The summed E-state index contributed by atoms with van der Waals surface area (Å²) < 4.78 is 13.2. The molecule has 3 nitrogen and oxygen atoms in total. The Labute approximate surface area is 109 Å². The first kappa shape index (κ1) is 11.5. The molecule has 0 atom stereocenters. The minimum Gasteiger partial charge on any atom is -0.398 e. The van der Waals surface area contributed by atoms with E-state index >= 15 is 0 Å². The van der Waals surface area contributed by atoms with Gasteiger partial charge in [0, 0.05) is 16.6 Å². The molecule has 0 unspecified atom stereocenters. The number of H-pyrrole nitrogens is 1. The van der Waals surface area contributed by atoms with Gasteiger partial charge in [-0.2, -0.15) is 5.10 Å². The maximum Gasteiger partial charge on any atom is 0.123 e. The normalized spacial score (nSPS) is 11.4. The molecule has 0 aliphatic rings. The number of fused-ring (bicyclic) bond motifs is 1. The number of para-hydroxylation sites is 1. The van der Waals surface area contributed by atoms with Crippen molar-refractivity contribution in [2.24, 2.45) is 0 Å². The van der Waals surface area contributed by atoms with E-state index in [1.54, 1.807) is 12.1 Å². The molecule has 0 saturated heterocycles. The van der Waals surface area contributed by atoms with Crippen molar-refractivity contribution in [1.29, 1.82) is 0 Å². The standard InChI is InChI=1S/C15H12FN3/c16-11-6-7-13(17)10(9-11)5-8-15-12-3-1-2-4-14(12)18-19-15/h1-9H,17H2,(H,18,19). The molecule has 3 rings (SSSR count). The number of nitrogens with zero attached hydrogens (tertiary/aromatic N) is 1. The number of halogens is 1. The largest absolute Gasteiger partial charge is 0.398 e. The summed E-state index contributed by atoms with van der Waals surface area (Å²) >= 11 is 0. The zero-order valence-corrected chi connectivity index (χ0v) is 10.1. The van der Waals surface area contributed by atoms with E-state index in [0.717, 1.165) is 16.6 Å². The van der Waals surface area contributed by atoms with Crippen LogP contribution in [-0.2, 0) is 0 Å². The minimum atomic E-state index is -0.305. The SMILES string of the molecule is Nc1ccc(F)cc1C=Cc1n[nH]c2ccccc12. The summed E-state index contributed by atoms with van der Waals surface area (Å²) in [5.41, 5.74) is 8.75. The van der Waals surface area contributed by atoms with Gasteiger partial charge in [-0.15, -0.1) is 0 Å². The number of hydrogen-bond acceptors (Lipinski definition) is 2. The highest BCUT2D eigenvalue weighted by molar-refractivity contribution is 5.89. The first-order chi connectivity index (χ1) is 9.24. The van der Waals surface area contributed by atoms with Crippen LogP contribution in [0.15, 0.2) is 42.5 Å². The second-order valence-electron chi connectivity index (χ2n) is 4.26. The molecule has 0 aliphatic heterocycles. The van der Waals surface area contributed by atoms with Gasteiger partial charge in [0.25, 0.3) is 0 Å².